The molecule has 0 aromatic heterocycles. The van der Waals surface area contributed by atoms with Gasteiger partial charge in [0.2, 0.25) is 5.75 Å². The normalized spacial score (nSPS) is 9.48. The van der Waals surface area contributed by atoms with Crippen LogP contribution >= 0.6 is 0 Å². The quantitative estimate of drug-likeness (QED) is 0.571. The maximum atomic E-state index is 10.8. The van der Waals surface area contributed by atoms with Crippen LogP contribution in [0.15, 0.2) is 30.3 Å². The molecular weight excluding hydrogens is 362 g/mol. The van der Waals surface area contributed by atoms with E-state index in [4.69, 9.17) is 29.2 Å². The van der Waals surface area contributed by atoms with Crippen molar-refractivity contribution < 1.29 is 38.9 Å². The van der Waals surface area contributed by atoms with Gasteiger partial charge in [-0.25, -0.2) is 4.79 Å². The number of aromatic carboxylic acids is 1. The summed E-state index contributed by atoms with van der Waals surface area (Å²) in [5.74, 6) is -0.0185. The second kappa shape index (κ2) is 9.70. The Bertz CT molecular complexity index is 795. The second-order valence-electron chi connectivity index (χ2n) is 4.83. The molecule has 0 saturated heterocycles. The van der Waals surface area contributed by atoms with E-state index < -0.39 is 10.9 Å². The van der Waals surface area contributed by atoms with Crippen LogP contribution < -0.4 is 18.9 Å². The molecule has 0 heterocycles. The number of hydrogen-bond acceptors (Lipinski definition) is 8. The Morgan fingerprint density at radius 2 is 1.44 bits per heavy atom. The summed E-state index contributed by atoms with van der Waals surface area (Å²) in [6, 6.07) is 6.40. The first-order chi connectivity index (χ1) is 12.8. The van der Waals surface area contributed by atoms with Crippen molar-refractivity contribution in [2.75, 3.05) is 28.4 Å². The molecule has 27 heavy (non-hydrogen) atoms. The number of nitro benzene ring substituents is 1. The van der Waals surface area contributed by atoms with Gasteiger partial charge in [-0.2, -0.15) is 0 Å². The molecule has 0 radical (unpaired) electrons. The molecule has 0 bridgehead atoms. The molecule has 0 aliphatic carbocycles. The number of rotatable bonds is 6. The lowest BCUT2D eigenvalue weighted by molar-refractivity contribution is -0.385. The van der Waals surface area contributed by atoms with Crippen LogP contribution in [0.25, 0.3) is 0 Å². The van der Waals surface area contributed by atoms with E-state index in [1.165, 1.54) is 52.7 Å². The van der Waals surface area contributed by atoms with Crippen molar-refractivity contribution >= 4 is 11.7 Å². The number of nitrogens with zero attached hydrogens (tertiary/aromatic N) is 1. The molecule has 0 amide bonds. The Balaban J connectivity index is 0.000000277. The van der Waals surface area contributed by atoms with Crippen LogP contribution in [0, 0.1) is 10.1 Å². The first-order valence-corrected chi connectivity index (χ1v) is 7.33. The van der Waals surface area contributed by atoms with Crippen LogP contribution in [-0.4, -0.2) is 49.5 Å². The molecule has 146 valence electrons. The predicted molar refractivity (Wildman–Crippen MR) is 94.4 cm³/mol. The molecule has 0 unspecified atom stereocenters. The number of ether oxygens (including phenoxy) is 4. The van der Waals surface area contributed by atoms with Crippen molar-refractivity contribution in [1.82, 2.24) is 0 Å². The van der Waals surface area contributed by atoms with E-state index in [0.29, 0.717) is 17.2 Å². The Labute approximate surface area is 154 Å². The summed E-state index contributed by atoms with van der Waals surface area (Å²) in [5, 5.41) is 28.2. The van der Waals surface area contributed by atoms with Crippen LogP contribution in [0.5, 0.6) is 28.7 Å². The largest absolute Gasteiger partial charge is 0.504 e. The number of carboxylic acids is 1. The lowest BCUT2D eigenvalue weighted by Gasteiger charge is -2.12. The van der Waals surface area contributed by atoms with Gasteiger partial charge in [0.1, 0.15) is 0 Å². The van der Waals surface area contributed by atoms with E-state index in [9.17, 15) is 14.9 Å². The van der Waals surface area contributed by atoms with Gasteiger partial charge in [-0.05, 0) is 18.2 Å². The third kappa shape index (κ3) is 5.39. The predicted octanol–water partition coefficient (Wildman–Crippen LogP) is 2.72. The van der Waals surface area contributed by atoms with Crippen LogP contribution in [0.3, 0.4) is 0 Å². The summed E-state index contributed by atoms with van der Waals surface area (Å²) < 4.78 is 19.8. The van der Waals surface area contributed by atoms with Gasteiger partial charge in [0, 0.05) is 6.07 Å². The highest BCUT2D eigenvalue weighted by molar-refractivity contribution is 5.89. The zero-order valence-corrected chi connectivity index (χ0v) is 15.1. The molecule has 10 heteroatoms. The smallest absolute Gasteiger partial charge is 0.335 e. The zero-order chi connectivity index (χ0) is 20.6. The molecule has 0 aliphatic heterocycles. The molecule has 10 nitrogen and oxygen atoms in total. The van der Waals surface area contributed by atoms with Crippen LogP contribution in [0.1, 0.15) is 10.4 Å². The van der Waals surface area contributed by atoms with Crippen LogP contribution in [0.2, 0.25) is 0 Å². The molecule has 2 rings (SSSR count). The minimum Gasteiger partial charge on any atom is -0.504 e. The highest BCUT2D eigenvalue weighted by Gasteiger charge is 2.16. The van der Waals surface area contributed by atoms with E-state index in [-0.39, 0.29) is 22.7 Å². The minimum absolute atomic E-state index is 0.0875. The van der Waals surface area contributed by atoms with Gasteiger partial charge in [0.05, 0.1) is 45.0 Å². The number of nitro groups is 1. The number of benzene rings is 2. The van der Waals surface area contributed by atoms with Gasteiger partial charge in [-0.3, -0.25) is 10.1 Å². The fourth-order valence-electron chi connectivity index (χ4n) is 2.00. The average Bonchev–Trinajstić information content (AvgIpc) is 2.66. The van der Waals surface area contributed by atoms with Crippen LogP contribution in [-0.2, 0) is 0 Å². The molecule has 0 atom stereocenters. The summed E-state index contributed by atoms with van der Waals surface area (Å²) >= 11 is 0. The van der Waals surface area contributed by atoms with Gasteiger partial charge in [0.25, 0.3) is 5.69 Å². The molecule has 2 aromatic rings. The maximum Gasteiger partial charge on any atom is 0.335 e. The van der Waals surface area contributed by atoms with Gasteiger partial charge < -0.3 is 29.2 Å². The third-order valence-corrected chi connectivity index (χ3v) is 3.28. The van der Waals surface area contributed by atoms with E-state index in [1.54, 1.807) is 0 Å². The third-order valence-electron chi connectivity index (χ3n) is 3.28. The molecule has 0 fully saturated rings. The molecule has 0 aliphatic rings. The highest BCUT2D eigenvalue weighted by atomic mass is 16.6. The average molecular weight is 381 g/mol. The van der Waals surface area contributed by atoms with Crippen molar-refractivity contribution in [3.63, 3.8) is 0 Å². The number of non-ortho nitro benzene ring substituents is 1. The Hall–Kier alpha value is -3.69. The van der Waals surface area contributed by atoms with E-state index >= 15 is 0 Å². The van der Waals surface area contributed by atoms with Crippen LogP contribution in [0.4, 0.5) is 5.69 Å². The zero-order valence-electron chi connectivity index (χ0n) is 15.1. The Morgan fingerprint density at radius 3 is 1.78 bits per heavy atom. The standard InChI is InChI=1S/C10H12O5.C7H7NO4/c1-13-7-4-6(10(11)12)5-8(14-2)9(7)15-3;1-12-7-3-2-5(8(10)11)4-6(7)9/h4-5H,1-3H3,(H,11,12);2-4,9H,1H3. The number of carbonyl (C=O) groups is 1. The van der Waals surface area contributed by atoms with Crippen molar-refractivity contribution in [3.05, 3.63) is 46.0 Å². The number of aromatic hydroxyl groups is 1. The first-order valence-electron chi connectivity index (χ1n) is 7.33. The van der Waals surface area contributed by atoms with Gasteiger partial charge in [0.15, 0.2) is 23.0 Å². The molecular formula is C17H19NO9. The van der Waals surface area contributed by atoms with Crippen molar-refractivity contribution in [3.8, 4) is 28.7 Å². The number of phenols is 1. The van der Waals surface area contributed by atoms with Crippen molar-refractivity contribution in [2.24, 2.45) is 0 Å². The topological polar surface area (TPSA) is 138 Å². The molecule has 0 saturated carbocycles. The SMILES string of the molecule is COc1cc(C(=O)O)cc(OC)c1OC.COc1ccc([N+](=O)[O-])cc1O. The van der Waals surface area contributed by atoms with E-state index in [1.807, 2.05) is 0 Å². The fraction of sp³-hybridized carbons (Fsp3) is 0.235. The van der Waals surface area contributed by atoms with Crippen molar-refractivity contribution in [1.29, 1.82) is 0 Å². The minimum atomic E-state index is -1.05. The molecule has 2 N–H and O–H groups in total. The van der Waals surface area contributed by atoms with E-state index in [0.717, 1.165) is 6.07 Å². The van der Waals surface area contributed by atoms with Gasteiger partial charge in [-0.15, -0.1) is 0 Å². The number of phenolic OH excluding ortho intramolecular Hbond substituents is 1. The molecule has 0 spiro atoms. The summed E-state index contributed by atoms with van der Waals surface area (Å²) in [6.45, 7) is 0. The first kappa shape index (κ1) is 21.4. The Kier molecular flexibility index (Phi) is 7.68. The van der Waals surface area contributed by atoms with Gasteiger partial charge in [-0.1, -0.05) is 0 Å². The van der Waals surface area contributed by atoms with E-state index in [2.05, 4.69) is 0 Å². The fourth-order valence-corrected chi connectivity index (χ4v) is 2.00. The number of methoxy groups -OCH3 is 4. The van der Waals surface area contributed by atoms with Gasteiger partial charge >= 0.3 is 5.97 Å². The van der Waals surface area contributed by atoms with Crippen molar-refractivity contribution in [2.45, 2.75) is 0 Å². The summed E-state index contributed by atoms with van der Waals surface area (Å²) in [5.41, 5.74) is -0.0715. The lowest BCUT2D eigenvalue weighted by atomic mass is 10.2. The number of carboxylic acid groups (broad SMARTS) is 1. The summed E-state index contributed by atoms with van der Waals surface area (Å²) in [7, 11) is 5.70. The highest BCUT2D eigenvalue weighted by Crippen LogP contribution is 2.38. The molecule has 2 aromatic carbocycles. The monoisotopic (exact) mass is 381 g/mol. The maximum absolute atomic E-state index is 10.8. The number of hydrogen-bond donors (Lipinski definition) is 2. The lowest BCUT2D eigenvalue weighted by Crippen LogP contribution is -2.01. The summed E-state index contributed by atoms with van der Waals surface area (Å²) in [4.78, 5) is 20.4. The summed E-state index contributed by atoms with van der Waals surface area (Å²) in [6.07, 6.45) is 0. The Morgan fingerprint density at radius 1 is 0.926 bits per heavy atom. The second-order valence-corrected chi connectivity index (χ2v) is 4.83.